The van der Waals surface area contributed by atoms with E-state index in [1.165, 1.54) is 12.1 Å². The molecule has 5 nitrogen and oxygen atoms in total. The van der Waals surface area contributed by atoms with Crippen molar-refractivity contribution in [1.29, 1.82) is 0 Å². The standard InChI is InChI=1S/C17H12O5/c1-2-3-8-4-10-14(12(19)5-8)17(22)15-11(16(10)21)6-9(18)7-13(15)20/h2-7,18-20H,1H3/b3-2+. The van der Waals surface area contributed by atoms with Gasteiger partial charge in [-0.15, -0.1) is 0 Å². The second-order valence-corrected chi connectivity index (χ2v) is 5.01. The summed E-state index contributed by atoms with van der Waals surface area (Å²) in [5.41, 5.74) is 0.214. The molecule has 0 bridgehead atoms. The summed E-state index contributed by atoms with van der Waals surface area (Å²) >= 11 is 0. The maximum absolute atomic E-state index is 12.6. The Labute approximate surface area is 125 Å². The minimum absolute atomic E-state index is 0.0515. The highest BCUT2D eigenvalue weighted by atomic mass is 16.3. The van der Waals surface area contributed by atoms with Crippen LogP contribution in [0.2, 0.25) is 0 Å². The first-order chi connectivity index (χ1) is 10.4. The zero-order valence-corrected chi connectivity index (χ0v) is 11.6. The van der Waals surface area contributed by atoms with Gasteiger partial charge in [-0.2, -0.15) is 0 Å². The Morgan fingerprint density at radius 3 is 2.05 bits per heavy atom. The highest BCUT2D eigenvalue weighted by Crippen LogP contribution is 2.39. The van der Waals surface area contributed by atoms with Gasteiger partial charge in [0.15, 0.2) is 5.78 Å². The number of fused-ring (bicyclic) bond motifs is 2. The van der Waals surface area contributed by atoms with Gasteiger partial charge in [-0.05, 0) is 30.7 Å². The first kappa shape index (κ1) is 13.9. The lowest BCUT2D eigenvalue weighted by Gasteiger charge is -2.20. The lowest BCUT2D eigenvalue weighted by atomic mass is 9.82. The molecule has 0 amide bonds. The molecule has 0 aliphatic heterocycles. The van der Waals surface area contributed by atoms with Crippen LogP contribution in [-0.2, 0) is 0 Å². The number of phenolic OH excluding ortho intramolecular Hbond substituents is 3. The Hall–Kier alpha value is -3.08. The fourth-order valence-corrected chi connectivity index (χ4v) is 2.65. The molecular formula is C17H12O5. The summed E-state index contributed by atoms with van der Waals surface area (Å²) in [6, 6.07) is 5.00. The van der Waals surface area contributed by atoms with Gasteiger partial charge in [-0.25, -0.2) is 0 Å². The van der Waals surface area contributed by atoms with E-state index in [4.69, 9.17) is 0 Å². The van der Waals surface area contributed by atoms with Crippen molar-refractivity contribution in [3.05, 3.63) is 58.2 Å². The molecule has 0 fully saturated rings. The molecule has 2 aromatic carbocycles. The molecule has 1 aliphatic rings. The first-order valence-corrected chi connectivity index (χ1v) is 6.59. The Morgan fingerprint density at radius 2 is 1.41 bits per heavy atom. The van der Waals surface area contributed by atoms with Crippen molar-refractivity contribution < 1.29 is 24.9 Å². The number of benzene rings is 2. The third kappa shape index (κ3) is 1.87. The Balaban J connectivity index is 2.34. The zero-order valence-electron chi connectivity index (χ0n) is 11.6. The van der Waals surface area contributed by atoms with Gasteiger partial charge < -0.3 is 15.3 Å². The van der Waals surface area contributed by atoms with Crippen LogP contribution < -0.4 is 0 Å². The van der Waals surface area contributed by atoms with Gasteiger partial charge in [0.05, 0.1) is 11.1 Å². The molecule has 0 atom stereocenters. The third-order valence-electron chi connectivity index (χ3n) is 3.54. The summed E-state index contributed by atoms with van der Waals surface area (Å²) in [7, 11) is 0. The molecule has 5 heteroatoms. The zero-order chi connectivity index (χ0) is 16.0. The average Bonchev–Trinajstić information content (AvgIpc) is 2.43. The topological polar surface area (TPSA) is 94.8 Å². The first-order valence-electron chi connectivity index (χ1n) is 6.59. The number of phenols is 3. The van der Waals surface area contributed by atoms with Crippen molar-refractivity contribution in [2.45, 2.75) is 6.92 Å². The number of hydrogen-bond acceptors (Lipinski definition) is 5. The van der Waals surface area contributed by atoms with E-state index < -0.39 is 17.3 Å². The predicted octanol–water partition coefficient (Wildman–Crippen LogP) is 2.61. The smallest absolute Gasteiger partial charge is 0.201 e. The second-order valence-electron chi connectivity index (χ2n) is 5.01. The fraction of sp³-hybridized carbons (Fsp3) is 0.0588. The van der Waals surface area contributed by atoms with Gasteiger partial charge in [0.1, 0.15) is 17.2 Å². The van der Waals surface area contributed by atoms with Crippen LogP contribution in [0.1, 0.15) is 44.3 Å². The van der Waals surface area contributed by atoms with E-state index in [1.54, 1.807) is 19.1 Å². The van der Waals surface area contributed by atoms with Crippen LogP contribution in [0.3, 0.4) is 0 Å². The minimum Gasteiger partial charge on any atom is -0.508 e. The van der Waals surface area contributed by atoms with Crippen LogP contribution in [-0.4, -0.2) is 26.9 Å². The molecule has 0 saturated carbocycles. The quantitative estimate of drug-likeness (QED) is 0.641. The number of allylic oxidation sites excluding steroid dienone is 1. The summed E-state index contributed by atoms with van der Waals surface area (Å²) in [4.78, 5) is 25.1. The molecule has 110 valence electrons. The third-order valence-corrected chi connectivity index (χ3v) is 3.54. The van der Waals surface area contributed by atoms with Crippen molar-refractivity contribution in [3.63, 3.8) is 0 Å². The lowest BCUT2D eigenvalue weighted by molar-refractivity contribution is 0.0974. The van der Waals surface area contributed by atoms with Crippen LogP contribution in [0.15, 0.2) is 30.3 Å². The molecule has 0 aromatic heterocycles. The maximum atomic E-state index is 12.6. The molecule has 1 aliphatic carbocycles. The molecule has 0 radical (unpaired) electrons. The second kappa shape index (κ2) is 4.73. The van der Waals surface area contributed by atoms with E-state index in [9.17, 15) is 24.9 Å². The van der Waals surface area contributed by atoms with E-state index in [0.29, 0.717) is 5.56 Å². The van der Waals surface area contributed by atoms with E-state index in [-0.39, 0.29) is 33.8 Å². The SMILES string of the molecule is C/C=C/c1cc(O)c2c(c1)C(=O)c1cc(O)cc(O)c1C2=O. The van der Waals surface area contributed by atoms with Gasteiger partial charge in [0.25, 0.3) is 0 Å². The number of carbonyl (C=O) groups excluding carboxylic acids is 2. The van der Waals surface area contributed by atoms with Crippen molar-refractivity contribution in [2.75, 3.05) is 0 Å². The van der Waals surface area contributed by atoms with Gasteiger partial charge in [0.2, 0.25) is 5.78 Å². The largest absolute Gasteiger partial charge is 0.508 e. The van der Waals surface area contributed by atoms with Crippen molar-refractivity contribution in [1.82, 2.24) is 0 Å². The van der Waals surface area contributed by atoms with E-state index in [2.05, 4.69) is 0 Å². The van der Waals surface area contributed by atoms with Crippen LogP contribution in [0.5, 0.6) is 17.2 Å². The summed E-state index contributed by atoms with van der Waals surface area (Å²) in [5.74, 6) is -2.29. The minimum atomic E-state index is -0.647. The molecule has 3 N–H and O–H groups in total. The van der Waals surface area contributed by atoms with Crippen LogP contribution >= 0.6 is 0 Å². The summed E-state index contributed by atoms with van der Waals surface area (Å²) in [6.07, 6.45) is 3.43. The van der Waals surface area contributed by atoms with Gasteiger partial charge in [-0.3, -0.25) is 9.59 Å². The van der Waals surface area contributed by atoms with Crippen LogP contribution in [0.25, 0.3) is 6.08 Å². The Morgan fingerprint density at radius 1 is 0.818 bits per heavy atom. The molecule has 0 spiro atoms. The molecule has 0 heterocycles. The van der Waals surface area contributed by atoms with Crippen molar-refractivity contribution in [2.24, 2.45) is 0 Å². The number of carbonyl (C=O) groups is 2. The van der Waals surface area contributed by atoms with E-state index in [1.807, 2.05) is 0 Å². The molecule has 22 heavy (non-hydrogen) atoms. The van der Waals surface area contributed by atoms with E-state index >= 15 is 0 Å². The molecule has 3 rings (SSSR count). The van der Waals surface area contributed by atoms with Crippen molar-refractivity contribution >= 4 is 17.6 Å². The summed E-state index contributed by atoms with van der Waals surface area (Å²) < 4.78 is 0. The monoisotopic (exact) mass is 296 g/mol. The number of hydrogen-bond donors (Lipinski definition) is 3. The lowest BCUT2D eigenvalue weighted by Crippen LogP contribution is -2.21. The van der Waals surface area contributed by atoms with Crippen LogP contribution in [0, 0.1) is 0 Å². The summed E-state index contributed by atoms with van der Waals surface area (Å²) in [5, 5.41) is 29.5. The highest BCUT2D eigenvalue weighted by molar-refractivity contribution is 6.30. The normalized spacial score (nSPS) is 13.3. The Kier molecular flexibility index (Phi) is 2.99. The highest BCUT2D eigenvalue weighted by Gasteiger charge is 2.34. The average molecular weight is 296 g/mol. The Bertz CT molecular complexity index is 862. The maximum Gasteiger partial charge on any atom is 0.201 e. The molecule has 2 aromatic rings. The van der Waals surface area contributed by atoms with Gasteiger partial charge >= 0.3 is 0 Å². The fourth-order valence-electron chi connectivity index (χ4n) is 2.65. The predicted molar refractivity (Wildman–Crippen MR) is 79.5 cm³/mol. The molecular weight excluding hydrogens is 284 g/mol. The van der Waals surface area contributed by atoms with Crippen LogP contribution in [0.4, 0.5) is 0 Å². The molecule has 0 saturated heterocycles. The summed E-state index contributed by atoms with van der Waals surface area (Å²) in [6.45, 7) is 1.79. The van der Waals surface area contributed by atoms with Gasteiger partial charge in [-0.1, -0.05) is 12.2 Å². The number of rotatable bonds is 1. The molecule has 0 unspecified atom stereocenters. The van der Waals surface area contributed by atoms with Gasteiger partial charge in [0, 0.05) is 17.2 Å². The number of aromatic hydroxyl groups is 3. The number of ketones is 2. The van der Waals surface area contributed by atoms with Crippen molar-refractivity contribution in [3.8, 4) is 17.2 Å². The van der Waals surface area contributed by atoms with E-state index in [0.717, 1.165) is 12.1 Å².